The van der Waals surface area contributed by atoms with Crippen LogP contribution in [0.2, 0.25) is 0 Å². The van der Waals surface area contributed by atoms with Gasteiger partial charge >= 0.3 is 0 Å². The average molecular weight is 540 g/mol. The van der Waals surface area contributed by atoms with Crippen molar-refractivity contribution in [3.63, 3.8) is 0 Å². The molecule has 0 unspecified atom stereocenters. The Hall–Kier alpha value is -4.63. The Labute approximate surface area is 230 Å². The van der Waals surface area contributed by atoms with E-state index < -0.39 is 11.6 Å². The minimum Gasteiger partial charge on any atom is -0.496 e. The van der Waals surface area contributed by atoms with Gasteiger partial charge in [0.05, 0.1) is 71.6 Å². The highest BCUT2D eigenvalue weighted by Crippen LogP contribution is 2.41. The van der Waals surface area contributed by atoms with Crippen LogP contribution in [0.25, 0.3) is 33.5 Å². The van der Waals surface area contributed by atoms with Crippen molar-refractivity contribution >= 4 is 28.0 Å². The van der Waals surface area contributed by atoms with E-state index in [1.165, 1.54) is 6.07 Å². The number of nitrogens with zero attached hydrogens (tertiary/aromatic N) is 4. The van der Waals surface area contributed by atoms with Crippen LogP contribution < -0.4 is 15.0 Å². The molecule has 6 rings (SSSR count). The van der Waals surface area contributed by atoms with Crippen molar-refractivity contribution in [3.05, 3.63) is 90.3 Å². The zero-order valence-corrected chi connectivity index (χ0v) is 22.1. The molecule has 1 N–H and O–H groups in total. The van der Waals surface area contributed by atoms with Gasteiger partial charge in [-0.25, -0.2) is 13.8 Å². The molecule has 0 bridgehead atoms. The van der Waals surface area contributed by atoms with Gasteiger partial charge in [0.1, 0.15) is 17.4 Å². The van der Waals surface area contributed by atoms with E-state index in [-0.39, 0.29) is 10.9 Å². The Morgan fingerprint density at radius 1 is 0.950 bits per heavy atom. The first-order valence-corrected chi connectivity index (χ1v) is 13.0. The summed E-state index contributed by atoms with van der Waals surface area (Å²) in [7, 11) is 1.61. The number of halogens is 2. The van der Waals surface area contributed by atoms with Gasteiger partial charge < -0.3 is 19.7 Å². The number of hydrogen-bond acceptors (Lipinski definition) is 7. The topological polar surface area (TPSA) is 72.4 Å². The first kappa shape index (κ1) is 25.6. The molecule has 1 aliphatic rings. The number of nitrogens with one attached hydrogen (secondary N) is 1. The average Bonchev–Trinajstić information content (AvgIpc) is 2.99. The highest BCUT2D eigenvalue weighted by molar-refractivity contribution is 5.99. The molecule has 0 saturated carbocycles. The normalized spacial score (nSPS) is 13.4. The second-order valence-electron chi connectivity index (χ2n) is 9.47. The van der Waals surface area contributed by atoms with Gasteiger partial charge in [-0.2, -0.15) is 0 Å². The number of aromatic nitrogens is 3. The molecular weight excluding hydrogens is 512 g/mol. The fraction of sp³-hybridized carbons (Fsp3) is 0.194. The predicted molar refractivity (Wildman–Crippen MR) is 152 cm³/mol. The van der Waals surface area contributed by atoms with Gasteiger partial charge in [0, 0.05) is 42.5 Å². The maximum absolute atomic E-state index is 15.4. The first-order chi connectivity index (χ1) is 19.5. The Morgan fingerprint density at radius 3 is 2.52 bits per heavy atom. The smallest absolute Gasteiger partial charge is 0.137 e. The number of benzene rings is 2. The molecule has 0 amide bonds. The molecule has 1 aliphatic heterocycles. The molecule has 0 atom stereocenters. The summed E-state index contributed by atoms with van der Waals surface area (Å²) in [4.78, 5) is 16.1. The number of morpholine rings is 1. The van der Waals surface area contributed by atoms with Gasteiger partial charge in [0.25, 0.3) is 0 Å². The van der Waals surface area contributed by atoms with Gasteiger partial charge in [-0.15, -0.1) is 0 Å². The Balaban J connectivity index is 1.58. The highest BCUT2D eigenvalue weighted by atomic mass is 19.1. The number of hydrogen-bond donors (Lipinski definition) is 1. The molecule has 1 fully saturated rings. The first-order valence-electron chi connectivity index (χ1n) is 13.0. The van der Waals surface area contributed by atoms with Crippen molar-refractivity contribution in [1.29, 1.82) is 0 Å². The van der Waals surface area contributed by atoms with Gasteiger partial charge in [-0.3, -0.25) is 9.97 Å². The largest absolute Gasteiger partial charge is 0.496 e. The van der Waals surface area contributed by atoms with Gasteiger partial charge in [-0.1, -0.05) is 18.2 Å². The van der Waals surface area contributed by atoms with Crippen molar-refractivity contribution in [2.75, 3.05) is 43.6 Å². The van der Waals surface area contributed by atoms with Crippen LogP contribution in [0.1, 0.15) is 5.56 Å². The summed E-state index contributed by atoms with van der Waals surface area (Å²) in [5.74, 6) is -0.766. The number of anilines is 3. The van der Waals surface area contributed by atoms with Crippen LogP contribution in [0, 0.1) is 18.6 Å². The fourth-order valence-corrected chi connectivity index (χ4v) is 5.05. The maximum atomic E-state index is 15.4. The van der Waals surface area contributed by atoms with Crippen molar-refractivity contribution in [2.45, 2.75) is 6.92 Å². The Bertz CT molecular complexity index is 1690. The lowest BCUT2D eigenvalue weighted by atomic mass is 10.0. The second-order valence-corrected chi connectivity index (χ2v) is 9.47. The molecule has 2 aromatic carbocycles. The van der Waals surface area contributed by atoms with E-state index >= 15 is 4.39 Å². The van der Waals surface area contributed by atoms with Crippen LogP contribution in [0.15, 0.2) is 73.1 Å². The fourth-order valence-electron chi connectivity index (χ4n) is 5.05. The number of rotatable bonds is 6. The number of para-hydroxylation sites is 1. The quantitative estimate of drug-likeness (QED) is 0.263. The molecule has 0 aliphatic carbocycles. The summed E-state index contributed by atoms with van der Waals surface area (Å²) in [6.07, 6.45) is 3.49. The zero-order valence-electron chi connectivity index (χ0n) is 22.1. The van der Waals surface area contributed by atoms with Crippen LogP contribution in [0.5, 0.6) is 5.75 Å². The Morgan fingerprint density at radius 2 is 1.75 bits per heavy atom. The van der Waals surface area contributed by atoms with Crippen LogP contribution in [0.4, 0.5) is 25.8 Å². The minimum absolute atomic E-state index is 0.182. The molecule has 0 radical (unpaired) electrons. The van der Waals surface area contributed by atoms with Crippen molar-refractivity contribution in [2.24, 2.45) is 0 Å². The molecule has 5 aromatic rings. The molecule has 0 spiro atoms. The van der Waals surface area contributed by atoms with Gasteiger partial charge in [-0.05, 0) is 37.3 Å². The number of methoxy groups -OCH3 is 1. The molecule has 40 heavy (non-hydrogen) atoms. The van der Waals surface area contributed by atoms with E-state index in [4.69, 9.17) is 14.5 Å². The van der Waals surface area contributed by atoms with Crippen LogP contribution in [-0.2, 0) is 4.74 Å². The van der Waals surface area contributed by atoms with Crippen LogP contribution in [-0.4, -0.2) is 48.4 Å². The third kappa shape index (κ3) is 4.80. The number of fused-ring (bicyclic) bond motifs is 1. The summed E-state index contributed by atoms with van der Waals surface area (Å²) < 4.78 is 41.0. The molecule has 4 heterocycles. The minimum atomic E-state index is -0.711. The van der Waals surface area contributed by atoms with Crippen LogP contribution in [0.3, 0.4) is 0 Å². The molecule has 3 aromatic heterocycles. The summed E-state index contributed by atoms with van der Waals surface area (Å²) in [6.45, 7) is 4.54. The molecular formula is C31H27F2N5O2. The van der Waals surface area contributed by atoms with E-state index in [0.717, 1.165) is 30.4 Å². The van der Waals surface area contributed by atoms with Crippen LogP contribution >= 0.6 is 0 Å². The van der Waals surface area contributed by atoms with Crippen molar-refractivity contribution in [1.82, 2.24) is 15.0 Å². The van der Waals surface area contributed by atoms with E-state index in [1.54, 1.807) is 19.4 Å². The monoisotopic (exact) mass is 539 g/mol. The highest BCUT2D eigenvalue weighted by Gasteiger charge is 2.22. The van der Waals surface area contributed by atoms with E-state index in [2.05, 4.69) is 20.2 Å². The third-order valence-electron chi connectivity index (χ3n) is 7.03. The number of ether oxygens (including phenoxy) is 2. The summed E-state index contributed by atoms with van der Waals surface area (Å²) in [5.41, 5.74) is 5.37. The van der Waals surface area contributed by atoms with Crippen molar-refractivity contribution in [3.8, 4) is 28.4 Å². The summed E-state index contributed by atoms with van der Waals surface area (Å²) in [6, 6.07) is 17.2. The molecule has 202 valence electrons. The van der Waals surface area contributed by atoms with E-state index in [9.17, 15) is 4.39 Å². The standard InChI is InChI=1S/C31H27F2N5O2/c1-19-29(24-8-5-6-10-34-24)36-25-16-20(32)15-23(33)28(25)30(19)37-26-17-21(38-11-13-40-14-12-38)18-35-31(26)22-7-3-4-9-27(22)39-2/h3-10,15-18H,11-14H2,1-2H3,(H,36,37). The molecule has 1 saturated heterocycles. The maximum Gasteiger partial charge on any atom is 0.137 e. The second kappa shape index (κ2) is 10.9. The van der Waals surface area contributed by atoms with Gasteiger partial charge in [0.15, 0.2) is 0 Å². The SMILES string of the molecule is COc1ccccc1-c1ncc(N2CCOCC2)cc1Nc1c(C)c(-c2ccccn2)nc2cc(F)cc(F)c12. The molecule has 9 heteroatoms. The molecule has 7 nitrogen and oxygen atoms in total. The lowest BCUT2D eigenvalue weighted by molar-refractivity contribution is 0.122. The predicted octanol–water partition coefficient (Wildman–Crippen LogP) is 6.53. The third-order valence-corrected chi connectivity index (χ3v) is 7.03. The zero-order chi connectivity index (χ0) is 27.6. The summed E-state index contributed by atoms with van der Waals surface area (Å²) >= 11 is 0. The van der Waals surface area contributed by atoms with Gasteiger partial charge in [0.2, 0.25) is 0 Å². The van der Waals surface area contributed by atoms with E-state index in [1.807, 2.05) is 55.6 Å². The Kier molecular flexibility index (Phi) is 6.96. The number of pyridine rings is 3. The lowest BCUT2D eigenvalue weighted by Crippen LogP contribution is -2.36. The lowest BCUT2D eigenvalue weighted by Gasteiger charge is -2.29. The van der Waals surface area contributed by atoms with Crippen molar-refractivity contribution < 1.29 is 18.3 Å². The van der Waals surface area contributed by atoms with E-state index in [0.29, 0.717) is 53.0 Å². The summed E-state index contributed by atoms with van der Waals surface area (Å²) in [5, 5.41) is 3.66.